The molecule has 0 N–H and O–H groups in total. The molecule has 0 radical (unpaired) electrons. The summed E-state index contributed by atoms with van der Waals surface area (Å²) in [5.41, 5.74) is 2.73. The van der Waals surface area contributed by atoms with Crippen LogP contribution in [0.4, 0.5) is 18.9 Å². The van der Waals surface area contributed by atoms with Gasteiger partial charge in [-0.25, -0.2) is 4.79 Å². The SMILES string of the molecule is COC(=O)c1ccc2c(c1)CCN2C(=O)c1ccccc1-c1ccc(C(F)(F)F)cc1. The molecular formula is C24H18F3NO3. The highest BCUT2D eigenvalue weighted by atomic mass is 19.4. The average molecular weight is 425 g/mol. The van der Waals surface area contributed by atoms with Crippen molar-refractivity contribution in [2.24, 2.45) is 0 Å². The van der Waals surface area contributed by atoms with Gasteiger partial charge in [0.15, 0.2) is 0 Å². The Morgan fingerprint density at radius 1 is 0.968 bits per heavy atom. The molecule has 4 nitrogen and oxygen atoms in total. The minimum absolute atomic E-state index is 0.250. The summed E-state index contributed by atoms with van der Waals surface area (Å²) < 4.78 is 43.4. The number of anilines is 1. The number of carbonyl (C=O) groups excluding carboxylic acids is 2. The summed E-state index contributed by atoms with van der Waals surface area (Å²) in [4.78, 5) is 26.7. The van der Waals surface area contributed by atoms with Gasteiger partial charge in [0.1, 0.15) is 0 Å². The lowest BCUT2D eigenvalue weighted by Crippen LogP contribution is -2.29. The number of methoxy groups -OCH3 is 1. The fourth-order valence-corrected chi connectivity index (χ4v) is 3.76. The molecule has 1 aliphatic heterocycles. The summed E-state index contributed by atoms with van der Waals surface area (Å²) >= 11 is 0. The first-order valence-electron chi connectivity index (χ1n) is 9.59. The predicted molar refractivity (Wildman–Crippen MR) is 110 cm³/mol. The van der Waals surface area contributed by atoms with Gasteiger partial charge in [-0.1, -0.05) is 30.3 Å². The van der Waals surface area contributed by atoms with Crippen molar-refractivity contribution in [3.05, 3.63) is 89.0 Å². The number of nitrogens with zero attached hydrogens (tertiary/aromatic N) is 1. The Kier molecular flexibility index (Phi) is 5.27. The summed E-state index contributed by atoms with van der Waals surface area (Å²) in [7, 11) is 1.31. The largest absolute Gasteiger partial charge is 0.465 e. The van der Waals surface area contributed by atoms with Crippen LogP contribution in [0.2, 0.25) is 0 Å². The van der Waals surface area contributed by atoms with E-state index in [1.807, 2.05) is 0 Å². The lowest BCUT2D eigenvalue weighted by molar-refractivity contribution is -0.137. The zero-order valence-corrected chi connectivity index (χ0v) is 16.6. The topological polar surface area (TPSA) is 46.6 Å². The Labute approximate surface area is 176 Å². The highest BCUT2D eigenvalue weighted by Crippen LogP contribution is 2.34. The molecule has 0 aromatic heterocycles. The van der Waals surface area contributed by atoms with Crippen LogP contribution >= 0.6 is 0 Å². The molecule has 3 aromatic rings. The number of hydrogen-bond acceptors (Lipinski definition) is 3. The van der Waals surface area contributed by atoms with Crippen molar-refractivity contribution in [3.63, 3.8) is 0 Å². The first-order valence-corrected chi connectivity index (χ1v) is 9.59. The van der Waals surface area contributed by atoms with E-state index in [9.17, 15) is 22.8 Å². The molecule has 0 unspecified atom stereocenters. The molecule has 3 aromatic carbocycles. The van der Waals surface area contributed by atoms with Crippen LogP contribution in [-0.4, -0.2) is 25.5 Å². The molecule has 1 heterocycles. The number of esters is 1. The Morgan fingerprint density at radius 3 is 2.35 bits per heavy atom. The maximum atomic E-state index is 13.4. The first-order chi connectivity index (χ1) is 14.8. The molecule has 1 aliphatic rings. The van der Waals surface area contributed by atoms with E-state index >= 15 is 0 Å². The van der Waals surface area contributed by atoms with Crippen LogP contribution in [0, 0.1) is 0 Å². The molecule has 158 valence electrons. The maximum absolute atomic E-state index is 13.4. The number of fused-ring (bicyclic) bond motifs is 1. The number of ether oxygens (including phenoxy) is 1. The lowest BCUT2D eigenvalue weighted by Gasteiger charge is -2.20. The number of carbonyl (C=O) groups is 2. The van der Waals surface area contributed by atoms with Gasteiger partial charge in [0.05, 0.1) is 18.2 Å². The number of alkyl halides is 3. The van der Waals surface area contributed by atoms with E-state index in [0.29, 0.717) is 40.9 Å². The molecule has 1 amide bonds. The molecule has 0 saturated carbocycles. The van der Waals surface area contributed by atoms with Gasteiger partial charge in [-0.3, -0.25) is 4.79 Å². The zero-order valence-electron chi connectivity index (χ0n) is 16.6. The van der Waals surface area contributed by atoms with E-state index in [1.165, 1.54) is 19.2 Å². The summed E-state index contributed by atoms with van der Waals surface area (Å²) in [5, 5.41) is 0. The fourth-order valence-electron chi connectivity index (χ4n) is 3.76. The van der Waals surface area contributed by atoms with E-state index in [0.717, 1.165) is 17.7 Å². The Morgan fingerprint density at radius 2 is 1.68 bits per heavy atom. The monoisotopic (exact) mass is 425 g/mol. The van der Waals surface area contributed by atoms with Crippen molar-refractivity contribution in [2.75, 3.05) is 18.6 Å². The van der Waals surface area contributed by atoms with Gasteiger partial charge in [-0.05, 0) is 59.5 Å². The van der Waals surface area contributed by atoms with Gasteiger partial charge in [-0.15, -0.1) is 0 Å². The first kappa shape index (κ1) is 20.7. The van der Waals surface area contributed by atoms with E-state index in [1.54, 1.807) is 47.4 Å². The van der Waals surface area contributed by atoms with Crippen LogP contribution in [0.15, 0.2) is 66.7 Å². The number of amides is 1. The Hall–Kier alpha value is -3.61. The highest BCUT2D eigenvalue weighted by molar-refractivity contribution is 6.11. The number of halogens is 3. The third-order valence-corrected chi connectivity index (χ3v) is 5.32. The van der Waals surface area contributed by atoms with Crippen LogP contribution in [0.5, 0.6) is 0 Å². The van der Waals surface area contributed by atoms with Crippen molar-refractivity contribution in [3.8, 4) is 11.1 Å². The van der Waals surface area contributed by atoms with Crippen molar-refractivity contribution in [1.82, 2.24) is 0 Å². The van der Waals surface area contributed by atoms with Crippen LogP contribution in [0.3, 0.4) is 0 Å². The quantitative estimate of drug-likeness (QED) is 0.531. The molecule has 4 rings (SSSR count). The molecule has 0 atom stereocenters. The van der Waals surface area contributed by atoms with Crippen LogP contribution in [0.1, 0.15) is 31.8 Å². The summed E-state index contributed by atoms with van der Waals surface area (Å²) in [6.07, 6.45) is -3.83. The summed E-state index contributed by atoms with van der Waals surface area (Å²) in [5.74, 6) is -0.694. The van der Waals surface area contributed by atoms with Gasteiger partial charge in [-0.2, -0.15) is 13.2 Å². The second kappa shape index (κ2) is 7.91. The lowest BCUT2D eigenvalue weighted by atomic mass is 9.97. The Balaban J connectivity index is 1.67. The summed E-state index contributed by atoms with van der Waals surface area (Å²) in [6.45, 7) is 0.445. The molecule has 31 heavy (non-hydrogen) atoms. The standard InChI is InChI=1S/C24H18F3NO3/c1-31-23(30)17-8-11-21-16(14-17)12-13-28(21)22(29)20-5-3-2-4-19(20)15-6-9-18(10-7-15)24(25,26)27/h2-11,14H,12-13H2,1H3. The van der Waals surface area contributed by atoms with Gasteiger partial charge in [0.2, 0.25) is 0 Å². The third kappa shape index (κ3) is 3.91. The molecule has 0 bridgehead atoms. The van der Waals surface area contributed by atoms with Crippen molar-refractivity contribution in [2.45, 2.75) is 12.6 Å². The molecule has 0 spiro atoms. The Bertz CT molecular complexity index is 1150. The van der Waals surface area contributed by atoms with Gasteiger partial charge < -0.3 is 9.64 Å². The summed E-state index contributed by atoms with van der Waals surface area (Å²) in [6, 6.07) is 16.6. The number of rotatable bonds is 3. The predicted octanol–water partition coefficient (Wildman–Crippen LogP) is 5.36. The van der Waals surface area contributed by atoms with E-state index in [2.05, 4.69) is 0 Å². The van der Waals surface area contributed by atoms with Crippen LogP contribution < -0.4 is 4.90 Å². The fraction of sp³-hybridized carbons (Fsp3) is 0.167. The van der Waals surface area contributed by atoms with Crippen LogP contribution in [-0.2, 0) is 17.3 Å². The minimum atomic E-state index is -4.42. The highest BCUT2D eigenvalue weighted by Gasteiger charge is 2.31. The zero-order chi connectivity index (χ0) is 22.2. The van der Waals surface area contributed by atoms with Crippen molar-refractivity contribution < 1.29 is 27.5 Å². The molecular weight excluding hydrogens is 407 g/mol. The van der Waals surface area contributed by atoms with Gasteiger partial charge in [0, 0.05) is 17.8 Å². The van der Waals surface area contributed by atoms with Crippen molar-refractivity contribution >= 4 is 17.6 Å². The third-order valence-electron chi connectivity index (χ3n) is 5.32. The van der Waals surface area contributed by atoms with Gasteiger partial charge in [0.25, 0.3) is 5.91 Å². The number of benzene rings is 3. The minimum Gasteiger partial charge on any atom is -0.465 e. The van der Waals surface area contributed by atoms with Crippen molar-refractivity contribution in [1.29, 1.82) is 0 Å². The second-order valence-electron chi connectivity index (χ2n) is 7.16. The molecule has 0 fully saturated rings. The maximum Gasteiger partial charge on any atom is 0.416 e. The normalized spacial score (nSPS) is 13.1. The average Bonchev–Trinajstić information content (AvgIpc) is 3.21. The number of hydrogen-bond donors (Lipinski definition) is 0. The van der Waals surface area contributed by atoms with E-state index < -0.39 is 17.7 Å². The van der Waals surface area contributed by atoms with E-state index in [-0.39, 0.29) is 5.91 Å². The molecule has 0 saturated heterocycles. The molecule has 0 aliphatic carbocycles. The van der Waals surface area contributed by atoms with Crippen LogP contribution in [0.25, 0.3) is 11.1 Å². The smallest absolute Gasteiger partial charge is 0.416 e. The van der Waals surface area contributed by atoms with Gasteiger partial charge >= 0.3 is 12.1 Å². The second-order valence-corrected chi connectivity index (χ2v) is 7.16. The molecule has 7 heteroatoms. The van der Waals surface area contributed by atoms with E-state index in [4.69, 9.17) is 4.74 Å².